The highest BCUT2D eigenvalue weighted by Gasteiger charge is 2.32. The molecule has 1 aromatic carbocycles. The second-order valence-corrected chi connectivity index (χ2v) is 3.66. The maximum absolute atomic E-state index is 11.7. The molecule has 2 heteroatoms. The van der Waals surface area contributed by atoms with Crippen molar-refractivity contribution in [2.75, 3.05) is 0 Å². The van der Waals surface area contributed by atoms with Gasteiger partial charge in [0.25, 0.3) is 0 Å². The molecule has 0 unspecified atom stereocenters. The second-order valence-electron chi connectivity index (χ2n) is 3.66. The first-order valence-electron chi connectivity index (χ1n) is 4.62. The molecule has 0 spiro atoms. The average molecular weight is 175 g/mol. The molecule has 0 radical (unpaired) electrons. The summed E-state index contributed by atoms with van der Waals surface area (Å²) in [5, 5.41) is 0. The summed E-state index contributed by atoms with van der Waals surface area (Å²) in [5.41, 5.74) is 6.45. The van der Waals surface area contributed by atoms with E-state index in [2.05, 4.69) is 0 Å². The number of nitrogens with two attached hydrogens (primary N) is 1. The molecule has 1 aliphatic carbocycles. The molecule has 0 amide bonds. The molecule has 0 aromatic heterocycles. The van der Waals surface area contributed by atoms with Gasteiger partial charge in [-0.3, -0.25) is 4.79 Å². The Hall–Kier alpha value is -1.15. The van der Waals surface area contributed by atoms with Crippen molar-refractivity contribution in [2.45, 2.75) is 18.9 Å². The molecule has 2 rings (SSSR count). The van der Waals surface area contributed by atoms with Crippen LogP contribution in [0.5, 0.6) is 0 Å². The number of Topliss-reactive ketones (excluding diaryl/α,β-unsaturated/α-hetero) is 1. The van der Waals surface area contributed by atoms with E-state index in [4.69, 9.17) is 5.73 Å². The Morgan fingerprint density at radius 2 is 1.85 bits per heavy atom. The summed E-state index contributed by atoms with van der Waals surface area (Å²) in [5.74, 6) is 0.430. The van der Waals surface area contributed by atoms with Crippen LogP contribution in [0.25, 0.3) is 0 Å². The first kappa shape index (κ1) is 8.45. The quantitative estimate of drug-likeness (QED) is 0.694. The summed E-state index contributed by atoms with van der Waals surface area (Å²) in [7, 11) is 0. The number of hydrogen-bond donors (Lipinski definition) is 1. The van der Waals surface area contributed by atoms with Crippen molar-refractivity contribution in [3.63, 3.8) is 0 Å². The maximum Gasteiger partial charge on any atom is 0.166 e. The van der Waals surface area contributed by atoms with Crippen LogP contribution in [0.4, 0.5) is 0 Å². The van der Waals surface area contributed by atoms with E-state index in [-0.39, 0.29) is 17.7 Å². The molecular formula is C11H13NO. The molecular weight excluding hydrogens is 162 g/mol. The molecule has 0 heterocycles. The minimum atomic E-state index is 0.178. The highest BCUT2D eigenvalue weighted by Crippen LogP contribution is 2.28. The Morgan fingerprint density at radius 3 is 2.38 bits per heavy atom. The van der Waals surface area contributed by atoms with Crippen molar-refractivity contribution >= 4 is 5.78 Å². The molecule has 0 bridgehead atoms. The summed E-state index contributed by atoms with van der Waals surface area (Å²) >= 11 is 0. The molecule has 1 aromatic rings. The molecule has 2 N–H and O–H groups in total. The van der Waals surface area contributed by atoms with Crippen molar-refractivity contribution in [3.8, 4) is 0 Å². The third-order valence-corrected chi connectivity index (χ3v) is 2.60. The van der Waals surface area contributed by atoms with Crippen LogP contribution in [0.15, 0.2) is 30.3 Å². The fraction of sp³-hybridized carbons (Fsp3) is 0.364. The van der Waals surface area contributed by atoms with Gasteiger partial charge in [0.05, 0.1) is 0 Å². The predicted molar refractivity (Wildman–Crippen MR) is 51.5 cm³/mol. The third-order valence-electron chi connectivity index (χ3n) is 2.60. The van der Waals surface area contributed by atoms with Gasteiger partial charge >= 0.3 is 0 Å². The highest BCUT2D eigenvalue weighted by molar-refractivity contribution is 5.98. The zero-order valence-electron chi connectivity index (χ0n) is 7.44. The Balaban J connectivity index is 2.06. The minimum Gasteiger partial charge on any atom is -0.328 e. The number of benzene rings is 1. The number of carbonyl (C=O) groups is 1. The molecule has 13 heavy (non-hydrogen) atoms. The number of ketones is 1. The summed E-state index contributed by atoms with van der Waals surface area (Å²) in [6.07, 6.45) is 1.71. The summed E-state index contributed by atoms with van der Waals surface area (Å²) in [6, 6.07) is 9.69. The zero-order valence-corrected chi connectivity index (χ0v) is 7.44. The van der Waals surface area contributed by atoms with Gasteiger partial charge < -0.3 is 5.73 Å². The standard InChI is InChI=1S/C11H13NO/c12-10-6-9(7-10)11(13)8-4-2-1-3-5-8/h1-5,9-10H,6-7,12H2. The lowest BCUT2D eigenvalue weighted by Gasteiger charge is -2.31. The lowest BCUT2D eigenvalue weighted by atomic mass is 9.76. The van der Waals surface area contributed by atoms with Gasteiger partial charge in [0.2, 0.25) is 0 Å². The first-order chi connectivity index (χ1) is 6.27. The highest BCUT2D eigenvalue weighted by atomic mass is 16.1. The van der Waals surface area contributed by atoms with Crippen LogP contribution < -0.4 is 5.73 Å². The van der Waals surface area contributed by atoms with Crippen molar-refractivity contribution < 1.29 is 4.79 Å². The second kappa shape index (κ2) is 3.30. The molecule has 1 fully saturated rings. The molecule has 1 aliphatic rings. The lowest BCUT2D eigenvalue weighted by molar-refractivity contribution is 0.0832. The van der Waals surface area contributed by atoms with Gasteiger partial charge in [0, 0.05) is 17.5 Å². The Labute approximate surface area is 77.8 Å². The fourth-order valence-electron chi connectivity index (χ4n) is 1.71. The van der Waals surface area contributed by atoms with E-state index < -0.39 is 0 Å². The number of rotatable bonds is 2. The molecule has 2 nitrogen and oxygen atoms in total. The van der Waals surface area contributed by atoms with Crippen LogP contribution >= 0.6 is 0 Å². The molecule has 0 saturated heterocycles. The SMILES string of the molecule is NC1CC(C(=O)c2ccccc2)C1. The van der Waals surface area contributed by atoms with Crippen molar-refractivity contribution in [1.29, 1.82) is 0 Å². The predicted octanol–water partition coefficient (Wildman–Crippen LogP) is 1.61. The topological polar surface area (TPSA) is 43.1 Å². The number of hydrogen-bond acceptors (Lipinski definition) is 2. The third kappa shape index (κ3) is 1.63. The zero-order chi connectivity index (χ0) is 9.26. The average Bonchev–Trinajstić information content (AvgIpc) is 2.13. The van der Waals surface area contributed by atoms with E-state index in [0.29, 0.717) is 0 Å². The van der Waals surface area contributed by atoms with Crippen molar-refractivity contribution in [2.24, 2.45) is 11.7 Å². The van der Waals surface area contributed by atoms with Gasteiger partial charge in [-0.25, -0.2) is 0 Å². The Bertz CT molecular complexity index is 301. The molecule has 1 saturated carbocycles. The normalized spacial score (nSPS) is 26.5. The monoisotopic (exact) mass is 175 g/mol. The Morgan fingerprint density at radius 1 is 1.23 bits per heavy atom. The van der Waals surface area contributed by atoms with E-state index in [1.807, 2.05) is 30.3 Å². The van der Waals surface area contributed by atoms with Gasteiger partial charge in [-0.05, 0) is 12.8 Å². The molecule has 0 atom stereocenters. The van der Waals surface area contributed by atoms with E-state index in [1.54, 1.807) is 0 Å². The molecule has 68 valence electrons. The van der Waals surface area contributed by atoms with E-state index in [9.17, 15) is 4.79 Å². The first-order valence-corrected chi connectivity index (χ1v) is 4.62. The van der Waals surface area contributed by atoms with Gasteiger partial charge in [-0.2, -0.15) is 0 Å². The van der Waals surface area contributed by atoms with Crippen LogP contribution in [0.2, 0.25) is 0 Å². The molecule has 0 aliphatic heterocycles. The maximum atomic E-state index is 11.7. The van der Waals surface area contributed by atoms with E-state index >= 15 is 0 Å². The smallest absolute Gasteiger partial charge is 0.166 e. The van der Waals surface area contributed by atoms with Crippen molar-refractivity contribution in [3.05, 3.63) is 35.9 Å². The van der Waals surface area contributed by atoms with Gasteiger partial charge in [-0.1, -0.05) is 30.3 Å². The summed E-state index contributed by atoms with van der Waals surface area (Å²) in [6.45, 7) is 0. The Kier molecular flexibility index (Phi) is 2.15. The van der Waals surface area contributed by atoms with Gasteiger partial charge in [0.1, 0.15) is 0 Å². The lowest BCUT2D eigenvalue weighted by Crippen LogP contribution is -2.40. The fourth-order valence-corrected chi connectivity index (χ4v) is 1.71. The van der Waals surface area contributed by atoms with Gasteiger partial charge in [-0.15, -0.1) is 0 Å². The summed E-state index contributed by atoms with van der Waals surface area (Å²) in [4.78, 5) is 11.7. The number of carbonyl (C=O) groups excluding carboxylic acids is 1. The van der Waals surface area contributed by atoms with Crippen LogP contribution in [0.3, 0.4) is 0 Å². The van der Waals surface area contributed by atoms with Crippen LogP contribution in [0, 0.1) is 5.92 Å². The van der Waals surface area contributed by atoms with Crippen molar-refractivity contribution in [1.82, 2.24) is 0 Å². The van der Waals surface area contributed by atoms with Gasteiger partial charge in [0.15, 0.2) is 5.78 Å². The minimum absolute atomic E-state index is 0.178. The van der Waals surface area contributed by atoms with Crippen LogP contribution in [-0.2, 0) is 0 Å². The van der Waals surface area contributed by atoms with E-state index in [0.717, 1.165) is 18.4 Å². The summed E-state index contributed by atoms with van der Waals surface area (Å²) < 4.78 is 0. The van der Waals surface area contributed by atoms with E-state index in [1.165, 1.54) is 0 Å². The van der Waals surface area contributed by atoms with Crippen LogP contribution in [-0.4, -0.2) is 11.8 Å². The largest absolute Gasteiger partial charge is 0.328 e. The van der Waals surface area contributed by atoms with Crippen LogP contribution in [0.1, 0.15) is 23.2 Å².